The van der Waals surface area contributed by atoms with Gasteiger partial charge in [-0.3, -0.25) is 0 Å². The molecular formula is C13H20FN3O2S. The normalized spacial score (nSPS) is 21.1. The second kappa shape index (κ2) is 5.67. The molecule has 0 radical (unpaired) electrons. The number of nitrogens with one attached hydrogen (secondary N) is 1. The number of nitrogens with zero attached hydrogens (tertiary/aromatic N) is 1. The number of nitrogen functional groups attached to an aromatic ring is 1. The van der Waals surface area contributed by atoms with Crippen LogP contribution in [0.2, 0.25) is 0 Å². The van der Waals surface area contributed by atoms with Gasteiger partial charge < -0.3 is 10.6 Å². The van der Waals surface area contributed by atoms with Crippen LogP contribution in [0.5, 0.6) is 0 Å². The Bertz CT molecular complexity index is 604. The first-order valence-corrected chi connectivity index (χ1v) is 8.04. The molecule has 0 amide bonds. The number of rotatable bonds is 3. The van der Waals surface area contributed by atoms with E-state index in [1.165, 1.54) is 13.0 Å². The minimum atomic E-state index is -3.76. The van der Waals surface area contributed by atoms with E-state index in [0.29, 0.717) is 6.54 Å². The summed E-state index contributed by atoms with van der Waals surface area (Å²) in [5, 5.41) is 0. The van der Waals surface area contributed by atoms with Crippen LogP contribution in [0.1, 0.15) is 18.4 Å². The summed E-state index contributed by atoms with van der Waals surface area (Å²) in [5.41, 5.74) is 5.74. The van der Waals surface area contributed by atoms with Crippen molar-refractivity contribution in [3.05, 3.63) is 23.5 Å². The molecule has 1 saturated heterocycles. The summed E-state index contributed by atoms with van der Waals surface area (Å²) in [6.07, 6.45) is 1.72. The van der Waals surface area contributed by atoms with Crippen LogP contribution in [0.15, 0.2) is 17.0 Å². The Balaban J connectivity index is 2.26. The number of piperidine rings is 1. The van der Waals surface area contributed by atoms with Crippen molar-refractivity contribution in [3.63, 3.8) is 0 Å². The Hall–Kier alpha value is -1.18. The van der Waals surface area contributed by atoms with Crippen LogP contribution in [-0.2, 0) is 10.0 Å². The molecule has 1 aliphatic rings. The number of likely N-dealkylation sites (tertiary alicyclic amines) is 1. The average molecular weight is 301 g/mol. The van der Waals surface area contributed by atoms with Gasteiger partial charge in [-0.2, -0.15) is 0 Å². The number of nitrogens with two attached hydrogens (primary N) is 1. The van der Waals surface area contributed by atoms with Gasteiger partial charge in [-0.05, 0) is 45.5 Å². The topological polar surface area (TPSA) is 75.4 Å². The molecule has 2 rings (SSSR count). The molecule has 5 nitrogen and oxygen atoms in total. The molecule has 1 aliphatic heterocycles. The zero-order valence-corrected chi connectivity index (χ0v) is 12.5. The molecule has 1 aromatic rings. The van der Waals surface area contributed by atoms with Crippen molar-refractivity contribution in [2.45, 2.75) is 30.7 Å². The summed E-state index contributed by atoms with van der Waals surface area (Å²) < 4.78 is 41.0. The third-order valence-corrected chi connectivity index (χ3v) is 5.20. The standard InChI is InChI=1S/C13H20FN3O2S/c1-9-12(14)6-10(15)7-13(9)20(18,19)16-11-4-3-5-17(2)8-11/h6-7,11,16H,3-5,8,15H2,1-2H3. The zero-order chi connectivity index (χ0) is 14.9. The number of likely N-dealkylation sites (N-methyl/N-ethyl adjacent to an activating group) is 1. The first kappa shape index (κ1) is 15.2. The molecule has 0 aromatic heterocycles. The Morgan fingerprint density at radius 3 is 2.80 bits per heavy atom. The smallest absolute Gasteiger partial charge is 0.241 e. The SMILES string of the molecule is Cc1c(F)cc(N)cc1S(=O)(=O)NC1CCCN(C)C1. The van der Waals surface area contributed by atoms with Gasteiger partial charge in [0.2, 0.25) is 10.0 Å². The highest BCUT2D eigenvalue weighted by Gasteiger charge is 2.26. The summed E-state index contributed by atoms with van der Waals surface area (Å²) in [4.78, 5) is 1.99. The molecular weight excluding hydrogens is 281 g/mol. The maximum atomic E-state index is 13.6. The second-order valence-corrected chi connectivity index (χ2v) is 7.03. The monoisotopic (exact) mass is 301 g/mol. The highest BCUT2D eigenvalue weighted by atomic mass is 32.2. The maximum Gasteiger partial charge on any atom is 0.241 e. The van der Waals surface area contributed by atoms with E-state index in [2.05, 4.69) is 9.62 Å². The summed E-state index contributed by atoms with van der Waals surface area (Å²) in [6.45, 7) is 3.06. The molecule has 1 atom stereocenters. The van der Waals surface area contributed by atoms with E-state index >= 15 is 0 Å². The molecule has 0 saturated carbocycles. The first-order chi connectivity index (χ1) is 9.29. The van der Waals surface area contributed by atoms with E-state index in [4.69, 9.17) is 5.73 Å². The molecule has 1 unspecified atom stereocenters. The van der Waals surface area contributed by atoms with Crippen LogP contribution in [-0.4, -0.2) is 39.5 Å². The van der Waals surface area contributed by atoms with Crippen molar-refractivity contribution < 1.29 is 12.8 Å². The fourth-order valence-corrected chi connectivity index (χ4v) is 4.05. The van der Waals surface area contributed by atoms with Gasteiger partial charge in [0, 0.05) is 23.8 Å². The number of hydrogen-bond acceptors (Lipinski definition) is 4. The van der Waals surface area contributed by atoms with Crippen molar-refractivity contribution in [3.8, 4) is 0 Å². The van der Waals surface area contributed by atoms with E-state index in [1.54, 1.807) is 0 Å². The molecule has 112 valence electrons. The fourth-order valence-electron chi connectivity index (χ4n) is 2.50. The fraction of sp³-hybridized carbons (Fsp3) is 0.538. The van der Waals surface area contributed by atoms with Crippen molar-refractivity contribution in [2.75, 3.05) is 25.9 Å². The van der Waals surface area contributed by atoms with Crippen LogP contribution in [0.4, 0.5) is 10.1 Å². The van der Waals surface area contributed by atoms with Gasteiger partial charge in [0.25, 0.3) is 0 Å². The molecule has 1 fully saturated rings. The van der Waals surface area contributed by atoms with Crippen molar-refractivity contribution in [1.82, 2.24) is 9.62 Å². The molecule has 3 N–H and O–H groups in total. The van der Waals surface area contributed by atoms with E-state index < -0.39 is 15.8 Å². The highest BCUT2D eigenvalue weighted by molar-refractivity contribution is 7.89. The Morgan fingerprint density at radius 2 is 2.15 bits per heavy atom. The van der Waals surface area contributed by atoms with Crippen molar-refractivity contribution >= 4 is 15.7 Å². The quantitative estimate of drug-likeness (QED) is 0.820. The highest BCUT2D eigenvalue weighted by Crippen LogP contribution is 2.22. The first-order valence-electron chi connectivity index (χ1n) is 6.56. The molecule has 20 heavy (non-hydrogen) atoms. The number of anilines is 1. The van der Waals surface area contributed by atoms with E-state index in [0.717, 1.165) is 25.5 Å². The lowest BCUT2D eigenvalue weighted by molar-refractivity contribution is 0.242. The Kier molecular flexibility index (Phi) is 4.31. The minimum Gasteiger partial charge on any atom is -0.399 e. The largest absolute Gasteiger partial charge is 0.399 e. The second-order valence-electron chi connectivity index (χ2n) is 5.35. The van der Waals surface area contributed by atoms with Crippen LogP contribution >= 0.6 is 0 Å². The molecule has 1 heterocycles. The lowest BCUT2D eigenvalue weighted by Crippen LogP contribution is -2.46. The van der Waals surface area contributed by atoms with Gasteiger partial charge >= 0.3 is 0 Å². The molecule has 0 bridgehead atoms. The van der Waals surface area contributed by atoms with Crippen LogP contribution in [0.25, 0.3) is 0 Å². The van der Waals surface area contributed by atoms with E-state index in [1.807, 2.05) is 7.05 Å². The Morgan fingerprint density at radius 1 is 1.45 bits per heavy atom. The predicted molar refractivity (Wildman–Crippen MR) is 76.4 cm³/mol. The zero-order valence-electron chi connectivity index (χ0n) is 11.7. The lowest BCUT2D eigenvalue weighted by atomic mass is 10.1. The van der Waals surface area contributed by atoms with E-state index in [9.17, 15) is 12.8 Å². The number of benzene rings is 1. The van der Waals surface area contributed by atoms with E-state index in [-0.39, 0.29) is 22.2 Å². The summed E-state index contributed by atoms with van der Waals surface area (Å²) in [6, 6.07) is 2.28. The molecule has 7 heteroatoms. The summed E-state index contributed by atoms with van der Waals surface area (Å²) in [7, 11) is -1.81. The van der Waals surface area contributed by atoms with Crippen LogP contribution in [0.3, 0.4) is 0 Å². The van der Waals surface area contributed by atoms with Gasteiger partial charge in [-0.1, -0.05) is 0 Å². The van der Waals surface area contributed by atoms with Gasteiger partial charge in [-0.15, -0.1) is 0 Å². The third-order valence-electron chi connectivity index (χ3n) is 3.55. The maximum absolute atomic E-state index is 13.6. The molecule has 0 aliphatic carbocycles. The van der Waals surface area contributed by atoms with Gasteiger partial charge in [0.05, 0.1) is 4.90 Å². The minimum absolute atomic E-state index is 0.0803. The number of halogens is 1. The summed E-state index contributed by atoms with van der Waals surface area (Å²) in [5.74, 6) is -0.605. The van der Waals surface area contributed by atoms with Crippen molar-refractivity contribution in [1.29, 1.82) is 0 Å². The van der Waals surface area contributed by atoms with Crippen molar-refractivity contribution in [2.24, 2.45) is 0 Å². The van der Waals surface area contributed by atoms with Gasteiger partial charge in [0.1, 0.15) is 5.82 Å². The Labute approximate surface area is 119 Å². The third kappa shape index (κ3) is 3.28. The average Bonchev–Trinajstić information content (AvgIpc) is 2.33. The molecule has 0 spiro atoms. The van der Waals surface area contributed by atoms with Gasteiger partial charge in [0.15, 0.2) is 0 Å². The van der Waals surface area contributed by atoms with Crippen LogP contribution in [0, 0.1) is 12.7 Å². The number of sulfonamides is 1. The molecule has 1 aromatic carbocycles. The number of hydrogen-bond donors (Lipinski definition) is 2. The van der Waals surface area contributed by atoms with Gasteiger partial charge in [-0.25, -0.2) is 17.5 Å². The summed E-state index contributed by atoms with van der Waals surface area (Å²) >= 11 is 0. The lowest BCUT2D eigenvalue weighted by Gasteiger charge is -2.30. The predicted octanol–water partition coefficient (Wildman–Crippen LogP) is 1.09. The van der Waals surface area contributed by atoms with Crippen LogP contribution < -0.4 is 10.5 Å².